The molecule has 1 amide bonds. The molecule has 0 aliphatic carbocycles. The predicted octanol–water partition coefficient (Wildman–Crippen LogP) is 1.74. The van der Waals surface area contributed by atoms with Gasteiger partial charge in [0.05, 0.1) is 5.69 Å². The normalized spacial score (nSPS) is 12.8. The summed E-state index contributed by atoms with van der Waals surface area (Å²) in [6.07, 6.45) is 0. The zero-order chi connectivity index (χ0) is 13.0. The molecule has 1 atom stereocenters. The van der Waals surface area contributed by atoms with Gasteiger partial charge in [0.25, 0.3) is 5.91 Å². The summed E-state index contributed by atoms with van der Waals surface area (Å²) < 4.78 is 0. The Balaban J connectivity index is 2.81. The van der Waals surface area contributed by atoms with Crippen molar-refractivity contribution < 1.29 is 4.79 Å². The second-order valence-electron chi connectivity index (χ2n) is 4.41. The van der Waals surface area contributed by atoms with Gasteiger partial charge in [0, 0.05) is 19.1 Å². The zero-order valence-corrected chi connectivity index (χ0v) is 11.8. The minimum atomic E-state index is 0.0364. The van der Waals surface area contributed by atoms with Crippen molar-refractivity contribution in [1.82, 2.24) is 9.80 Å². The average Bonchev–Trinajstić information content (AvgIpc) is 2.64. The lowest BCUT2D eigenvalue weighted by Gasteiger charge is -2.29. The Bertz CT molecular complexity index is 376. The van der Waals surface area contributed by atoms with Crippen molar-refractivity contribution in [1.29, 1.82) is 0 Å². The van der Waals surface area contributed by atoms with E-state index < -0.39 is 0 Å². The molecule has 0 bridgehead atoms. The molecule has 0 radical (unpaired) electrons. The van der Waals surface area contributed by atoms with E-state index in [0.29, 0.717) is 17.1 Å². The van der Waals surface area contributed by atoms with Gasteiger partial charge in [-0.3, -0.25) is 4.79 Å². The highest BCUT2D eigenvalue weighted by Crippen LogP contribution is 2.21. The quantitative estimate of drug-likeness (QED) is 0.872. The molecule has 4 nitrogen and oxygen atoms in total. The number of hydrogen-bond donors (Lipinski definition) is 1. The fourth-order valence-electron chi connectivity index (χ4n) is 1.91. The van der Waals surface area contributed by atoms with E-state index in [2.05, 4.69) is 11.8 Å². The summed E-state index contributed by atoms with van der Waals surface area (Å²) in [6.45, 7) is 5.61. The predicted molar refractivity (Wildman–Crippen MR) is 73.5 cm³/mol. The zero-order valence-electron chi connectivity index (χ0n) is 10.9. The molecule has 0 saturated heterocycles. The molecule has 2 N–H and O–H groups in total. The summed E-state index contributed by atoms with van der Waals surface area (Å²) in [5, 5.41) is 1.85. The van der Waals surface area contributed by atoms with Crippen LogP contribution in [0.15, 0.2) is 11.4 Å². The van der Waals surface area contributed by atoms with E-state index in [-0.39, 0.29) is 11.9 Å². The van der Waals surface area contributed by atoms with Crippen LogP contribution < -0.4 is 5.73 Å². The van der Waals surface area contributed by atoms with Gasteiger partial charge in [-0.05, 0) is 39.4 Å². The van der Waals surface area contributed by atoms with Gasteiger partial charge in [0.15, 0.2) is 0 Å². The smallest absolute Gasteiger partial charge is 0.266 e. The van der Waals surface area contributed by atoms with Crippen LogP contribution in [0.2, 0.25) is 0 Å². The van der Waals surface area contributed by atoms with Crippen LogP contribution in [0.5, 0.6) is 0 Å². The van der Waals surface area contributed by atoms with E-state index in [4.69, 9.17) is 5.73 Å². The highest BCUT2D eigenvalue weighted by atomic mass is 32.1. The topological polar surface area (TPSA) is 49.6 Å². The molecular weight excluding hydrogens is 234 g/mol. The van der Waals surface area contributed by atoms with E-state index >= 15 is 0 Å². The highest BCUT2D eigenvalue weighted by molar-refractivity contribution is 7.12. The third-order valence-electron chi connectivity index (χ3n) is 2.65. The van der Waals surface area contributed by atoms with Gasteiger partial charge >= 0.3 is 0 Å². The van der Waals surface area contributed by atoms with Crippen molar-refractivity contribution in [2.24, 2.45) is 0 Å². The van der Waals surface area contributed by atoms with Crippen LogP contribution >= 0.6 is 11.3 Å². The Morgan fingerprint density at radius 2 is 2.18 bits per heavy atom. The third-order valence-corrected chi connectivity index (χ3v) is 3.57. The number of thiophene rings is 1. The van der Waals surface area contributed by atoms with Crippen LogP contribution in [0.4, 0.5) is 5.69 Å². The monoisotopic (exact) mass is 255 g/mol. The molecular formula is C12H21N3OS. The first-order chi connectivity index (χ1) is 7.97. The number of nitrogens with zero attached hydrogens (tertiary/aromatic N) is 2. The Morgan fingerprint density at radius 1 is 1.53 bits per heavy atom. The van der Waals surface area contributed by atoms with Crippen LogP contribution in [0.1, 0.15) is 23.5 Å². The van der Waals surface area contributed by atoms with Gasteiger partial charge < -0.3 is 15.5 Å². The van der Waals surface area contributed by atoms with Gasteiger partial charge in [0.1, 0.15) is 4.88 Å². The SMILES string of the molecule is CCN(C(=O)c1sccc1N)C(C)CN(C)C. The second-order valence-corrected chi connectivity index (χ2v) is 5.32. The lowest BCUT2D eigenvalue weighted by atomic mass is 10.2. The minimum absolute atomic E-state index is 0.0364. The van der Waals surface area contributed by atoms with Gasteiger partial charge in [-0.1, -0.05) is 0 Å². The van der Waals surface area contributed by atoms with Crippen molar-refractivity contribution >= 4 is 22.9 Å². The standard InChI is InChI=1S/C12H21N3OS/c1-5-15(9(2)8-14(3)4)12(16)11-10(13)6-7-17-11/h6-7,9H,5,8,13H2,1-4H3. The van der Waals surface area contributed by atoms with E-state index in [1.54, 1.807) is 6.07 Å². The Labute approximate surface area is 107 Å². The summed E-state index contributed by atoms with van der Waals surface area (Å²) in [5.74, 6) is 0.0364. The molecule has 1 aromatic rings. The van der Waals surface area contributed by atoms with Crippen molar-refractivity contribution in [3.63, 3.8) is 0 Å². The molecule has 0 aromatic carbocycles. The van der Waals surface area contributed by atoms with Gasteiger partial charge in [-0.25, -0.2) is 0 Å². The summed E-state index contributed by atoms with van der Waals surface area (Å²) in [6, 6.07) is 1.96. The van der Waals surface area contributed by atoms with Crippen molar-refractivity contribution in [2.75, 3.05) is 32.9 Å². The molecule has 5 heteroatoms. The maximum atomic E-state index is 12.3. The van der Waals surface area contributed by atoms with Crippen molar-refractivity contribution in [2.45, 2.75) is 19.9 Å². The number of rotatable bonds is 5. The largest absolute Gasteiger partial charge is 0.397 e. The maximum Gasteiger partial charge on any atom is 0.266 e. The van der Waals surface area contributed by atoms with E-state index in [0.717, 1.165) is 6.54 Å². The fourth-order valence-corrected chi connectivity index (χ4v) is 2.68. The average molecular weight is 255 g/mol. The number of carbonyl (C=O) groups excluding carboxylic acids is 1. The summed E-state index contributed by atoms with van der Waals surface area (Å²) in [4.78, 5) is 16.9. The van der Waals surface area contributed by atoms with Gasteiger partial charge in [-0.2, -0.15) is 0 Å². The molecule has 0 fully saturated rings. The lowest BCUT2D eigenvalue weighted by Crippen LogP contribution is -2.43. The molecule has 0 aliphatic heterocycles. The third kappa shape index (κ3) is 3.44. The van der Waals surface area contributed by atoms with Crippen LogP contribution in [0, 0.1) is 0 Å². The minimum Gasteiger partial charge on any atom is -0.397 e. The van der Waals surface area contributed by atoms with Gasteiger partial charge in [-0.15, -0.1) is 11.3 Å². The van der Waals surface area contributed by atoms with Crippen molar-refractivity contribution in [3.8, 4) is 0 Å². The van der Waals surface area contributed by atoms with E-state index in [9.17, 15) is 4.79 Å². The summed E-state index contributed by atoms with van der Waals surface area (Å²) >= 11 is 1.41. The highest BCUT2D eigenvalue weighted by Gasteiger charge is 2.22. The number of amides is 1. The molecule has 0 saturated carbocycles. The number of nitrogen functional groups attached to an aromatic ring is 1. The Morgan fingerprint density at radius 3 is 2.59 bits per heavy atom. The molecule has 1 aromatic heterocycles. The van der Waals surface area contributed by atoms with Crippen molar-refractivity contribution in [3.05, 3.63) is 16.3 Å². The number of carbonyl (C=O) groups is 1. The molecule has 17 heavy (non-hydrogen) atoms. The molecule has 1 heterocycles. The lowest BCUT2D eigenvalue weighted by molar-refractivity contribution is 0.0685. The molecule has 0 spiro atoms. The molecule has 0 aliphatic rings. The Hall–Kier alpha value is -1.07. The first kappa shape index (κ1) is 14.0. The first-order valence-electron chi connectivity index (χ1n) is 5.76. The number of hydrogen-bond acceptors (Lipinski definition) is 4. The fraction of sp³-hybridized carbons (Fsp3) is 0.583. The summed E-state index contributed by atoms with van der Waals surface area (Å²) in [7, 11) is 4.02. The number of anilines is 1. The molecule has 1 unspecified atom stereocenters. The van der Waals surface area contributed by atoms with Gasteiger partial charge in [0.2, 0.25) is 0 Å². The van der Waals surface area contributed by atoms with E-state index in [1.807, 2.05) is 31.3 Å². The van der Waals surface area contributed by atoms with Crippen LogP contribution in [-0.4, -0.2) is 48.9 Å². The van der Waals surface area contributed by atoms with E-state index in [1.165, 1.54) is 11.3 Å². The second kappa shape index (κ2) is 6.02. The van der Waals surface area contributed by atoms with Crippen LogP contribution in [0.3, 0.4) is 0 Å². The molecule has 96 valence electrons. The first-order valence-corrected chi connectivity index (χ1v) is 6.64. The van der Waals surface area contributed by atoms with Crippen LogP contribution in [-0.2, 0) is 0 Å². The van der Waals surface area contributed by atoms with Crippen LogP contribution in [0.25, 0.3) is 0 Å². The maximum absolute atomic E-state index is 12.3. The molecule has 1 rings (SSSR count). The number of nitrogens with two attached hydrogens (primary N) is 1. The summed E-state index contributed by atoms with van der Waals surface area (Å²) in [5.41, 5.74) is 6.37. The number of likely N-dealkylation sites (N-methyl/N-ethyl adjacent to an activating group) is 2. The Kier molecular flexibility index (Phi) is 4.96.